The standard InChI is InChI=1S/C14H34O5Si4/c1-13(2)14(15)16-12-23(17-20(3,4)5,18-21(6,7)8)19-22(9,10)11/h1,12H2,2-11H3. The van der Waals surface area contributed by atoms with Gasteiger partial charge in [-0.25, -0.2) is 4.79 Å². The highest BCUT2D eigenvalue weighted by Crippen LogP contribution is 2.26. The largest absolute Gasteiger partial charge is 0.509 e. The molecule has 0 unspecified atom stereocenters. The van der Waals surface area contributed by atoms with Crippen molar-refractivity contribution in [2.75, 3.05) is 6.23 Å². The number of carbonyl (C=O) groups is 1. The summed E-state index contributed by atoms with van der Waals surface area (Å²) in [5.41, 5.74) is 0.363. The lowest BCUT2D eigenvalue weighted by Gasteiger charge is -2.42. The van der Waals surface area contributed by atoms with Crippen LogP contribution < -0.4 is 0 Å². The summed E-state index contributed by atoms with van der Waals surface area (Å²) in [6.45, 7) is 24.1. The Labute approximate surface area is 146 Å². The van der Waals surface area contributed by atoms with Crippen LogP contribution in [0.5, 0.6) is 0 Å². The number of carbonyl (C=O) groups excluding carboxylic acids is 1. The van der Waals surface area contributed by atoms with Gasteiger partial charge >= 0.3 is 14.8 Å². The van der Waals surface area contributed by atoms with E-state index in [-0.39, 0.29) is 6.23 Å². The summed E-state index contributed by atoms with van der Waals surface area (Å²) >= 11 is 0. The van der Waals surface area contributed by atoms with Gasteiger partial charge < -0.3 is 17.1 Å². The summed E-state index contributed by atoms with van der Waals surface area (Å²) in [6.07, 6.45) is 0.0531. The van der Waals surface area contributed by atoms with Gasteiger partial charge in [-0.05, 0) is 65.8 Å². The van der Waals surface area contributed by atoms with E-state index in [4.69, 9.17) is 17.1 Å². The second-order valence-electron chi connectivity index (χ2n) is 8.68. The van der Waals surface area contributed by atoms with Crippen molar-refractivity contribution in [3.63, 3.8) is 0 Å². The Bertz CT molecular complexity index is 391. The minimum absolute atomic E-state index is 0.0531. The monoisotopic (exact) mass is 394 g/mol. The van der Waals surface area contributed by atoms with E-state index in [1.54, 1.807) is 6.92 Å². The SMILES string of the molecule is C=C(C)C(=O)OC[Si](O[Si](C)(C)C)(O[Si](C)(C)C)O[Si](C)(C)C. The van der Waals surface area contributed by atoms with Gasteiger partial charge in [-0.15, -0.1) is 0 Å². The average Bonchev–Trinajstić information content (AvgIpc) is 2.17. The highest BCUT2D eigenvalue weighted by Gasteiger charge is 2.51. The normalized spacial score (nSPS) is 13.8. The third-order valence-corrected chi connectivity index (χ3v) is 13.7. The molecular formula is C14H34O5Si4. The lowest BCUT2D eigenvalue weighted by atomic mass is 10.4. The third kappa shape index (κ3) is 11.2. The molecule has 0 saturated carbocycles. The molecule has 0 bridgehead atoms. The Morgan fingerprint density at radius 1 is 0.783 bits per heavy atom. The Hall–Kier alpha value is -0.0425. The van der Waals surface area contributed by atoms with E-state index in [1.807, 2.05) is 0 Å². The highest BCUT2D eigenvalue weighted by molar-refractivity contribution is 6.90. The summed E-state index contributed by atoms with van der Waals surface area (Å²) in [7, 11) is -8.96. The molecule has 0 saturated heterocycles. The summed E-state index contributed by atoms with van der Waals surface area (Å²) in [6, 6.07) is 0. The van der Waals surface area contributed by atoms with Gasteiger partial charge in [0.1, 0.15) is 0 Å². The van der Waals surface area contributed by atoms with Gasteiger partial charge in [0, 0.05) is 5.57 Å². The number of ether oxygens (including phenoxy) is 1. The molecule has 0 fully saturated rings. The molecule has 0 aliphatic carbocycles. The first-order valence-electron chi connectivity index (χ1n) is 7.88. The van der Waals surface area contributed by atoms with Gasteiger partial charge in [0.15, 0.2) is 31.2 Å². The fourth-order valence-electron chi connectivity index (χ4n) is 1.83. The molecule has 0 aromatic rings. The zero-order chi connectivity index (χ0) is 18.7. The van der Waals surface area contributed by atoms with Crippen LogP contribution in [0.3, 0.4) is 0 Å². The van der Waals surface area contributed by atoms with Crippen LogP contribution in [0.4, 0.5) is 0 Å². The zero-order valence-corrected chi connectivity index (χ0v) is 20.5. The molecule has 0 spiro atoms. The topological polar surface area (TPSA) is 54.0 Å². The van der Waals surface area contributed by atoms with Gasteiger partial charge in [-0.1, -0.05) is 6.58 Å². The number of hydrogen-bond donors (Lipinski definition) is 0. The quantitative estimate of drug-likeness (QED) is 0.334. The Balaban J connectivity index is 5.62. The van der Waals surface area contributed by atoms with E-state index in [0.717, 1.165) is 0 Å². The van der Waals surface area contributed by atoms with Crippen LogP contribution in [-0.4, -0.2) is 46.0 Å². The smallest absolute Gasteiger partial charge is 0.458 e. The molecule has 0 amide bonds. The maximum atomic E-state index is 11.9. The van der Waals surface area contributed by atoms with E-state index < -0.39 is 39.7 Å². The van der Waals surface area contributed by atoms with Crippen molar-refractivity contribution in [1.82, 2.24) is 0 Å². The molecule has 0 aromatic heterocycles. The molecule has 0 heterocycles. The third-order valence-electron chi connectivity index (χ3n) is 2.11. The van der Waals surface area contributed by atoms with Gasteiger partial charge in [0.05, 0.1) is 0 Å². The summed E-state index contributed by atoms with van der Waals surface area (Å²) in [5.74, 6) is -0.431. The Morgan fingerprint density at radius 2 is 1.09 bits per heavy atom. The van der Waals surface area contributed by atoms with Crippen molar-refractivity contribution in [2.45, 2.75) is 65.8 Å². The first-order chi connectivity index (χ1) is 9.95. The van der Waals surface area contributed by atoms with Crippen molar-refractivity contribution in [3.8, 4) is 0 Å². The van der Waals surface area contributed by atoms with Gasteiger partial charge in [0.2, 0.25) is 0 Å². The van der Waals surface area contributed by atoms with Crippen LogP contribution in [-0.2, 0) is 21.9 Å². The molecule has 0 aliphatic rings. The van der Waals surface area contributed by atoms with Crippen LogP contribution >= 0.6 is 0 Å². The second-order valence-corrected chi connectivity index (χ2v) is 25.5. The molecule has 0 rings (SSSR count). The number of esters is 1. The van der Waals surface area contributed by atoms with Crippen molar-refractivity contribution in [3.05, 3.63) is 12.2 Å². The Kier molecular flexibility index (Phi) is 7.88. The minimum atomic E-state index is -3.11. The molecule has 0 aromatic carbocycles. The van der Waals surface area contributed by atoms with Crippen LogP contribution in [0.25, 0.3) is 0 Å². The summed E-state index contributed by atoms with van der Waals surface area (Å²) < 4.78 is 24.6. The summed E-state index contributed by atoms with van der Waals surface area (Å²) in [5, 5.41) is 0. The number of rotatable bonds is 9. The van der Waals surface area contributed by atoms with Crippen molar-refractivity contribution >= 4 is 39.7 Å². The van der Waals surface area contributed by atoms with Crippen LogP contribution in [0, 0.1) is 0 Å². The average molecular weight is 395 g/mol. The van der Waals surface area contributed by atoms with Crippen LogP contribution in [0.1, 0.15) is 6.92 Å². The predicted octanol–water partition coefficient (Wildman–Crippen LogP) is 4.14. The predicted molar refractivity (Wildman–Crippen MR) is 105 cm³/mol. The van der Waals surface area contributed by atoms with Gasteiger partial charge in [-0.2, -0.15) is 0 Å². The second kappa shape index (κ2) is 7.89. The molecule has 0 radical (unpaired) electrons. The van der Waals surface area contributed by atoms with Crippen LogP contribution in [0.2, 0.25) is 58.9 Å². The molecule has 9 heteroatoms. The molecule has 0 aliphatic heterocycles. The van der Waals surface area contributed by atoms with E-state index in [1.165, 1.54) is 0 Å². The summed E-state index contributed by atoms with van der Waals surface area (Å²) in [4.78, 5) is 11.9. The first kappa shape index (κ1) is 23.0. The van der Waals surface area contributed by atoms with Crippen molar-refractivity contribution in [1.29, 1.82) is 0 Å². The Morgan fingerprint density at radius 3 is 1.30 bits per heavy atom. The highest BCUT2D eigenvalue weighted by atomic mass is 28.5. The first-order valence-corrected chi connectivity index (χ1v) is 20.0. The van der Waals surface area contributed by atoms with E-state index in [2.05, 4.69) is 65.5 Å². The fraction of sp³-hybridized carbons (Fsp3) is 0.786. The van der Waals surface area contributed by atoms with Crippen molar-refractivity contribution in [2.24, 2.45) is 0 Å². The van der Waals surface area contributed by atoms with Gasteiger partial charge in [0.25, 0.3) is 0 Å². The molecule has 0 N–H and O–H groups in total. The molecule has 0 atom stereocenters. The van der Waals surface area contributed by atoms with E-state index in [9.17, 15) is 4.79 Å². The fourth-order valence-corrected chi connectivity index (χ4v) is 15.7. The molecular weight excluding hydrogens is 360 g/mol. The number of hydrogen-bond acceptors (Lipinski definition) is 5. The van der Waals surface area contributed by atoms with E-state index >= 15 is 0 Å². The van der Waals surface area contributed by atoms with Gasteiger partial charge in [-0.3, -0.25) is 0 Å². The zero-order valence-electron chi connectivity index (χ0n) is 16.5. The minimum Gasteiger partial charge on any atom is -0.458 e. The van der Waals surface area contributed by atoms with E-state index in [0.29, 0.717) is 5.57 Å². The molecule has 136 valence electrons. The molecule has 23 heavy (non-hydrogen) atoms. The van der Waals surface area contributed by atoms with Crippen LogP contribution in [0.15, 0.2) is 12.2 Å². The lowest BCUT2D eigenvalue weighted by molar-refractivity contribution is -0.138. The van der Waals surface area contributed by atoms with Crippen molar-refractivity contribution < 1.29 is 21.9 Å². The lowest BCUT2D eigenvalue weighted by Crippen LogP contribution is -2.63. The maximum Gasteiger partial charge on any atom is 0.509 e. The molecule has 5 nitrogen and oxygen atoms in total. The maximum absolute atomic E-state index is 11.9.